The zero-order chi connectivity index (χ0) is 26.5. The van der Waals surface area contributed by atoms with Gasteiger partial charge in [0, 0.05) is 17.5 Å². The smallest absolute Gasteiger partial charge is 0.326 e. The van der Waals surface area contributed by atoms with Gasteiger partial charge in [0.15, 0.2) is 0 Å². The molecule has 0 aromatic heterocycles. The van der Waals surface area contributed by atoms with Crippen molar-refractivity contribution in [2.75, 3.05) is 0 Å². The summed E-state index contributed by atoms with van der Waals surface area (Å²) in [5.41, 5.74) is 8.42. The summed E-state index contributed by atoms with van der Waals surface area (Å²) in [5, 5.41) is 10.0. The van der Waals surface area contributed by atoms with Crippen LogP contribution in [0.5, 0.6) is 0 Å². The summed E-state index contributed by atoms with van der Waals surface area (Å²) >= 11 is 0. The maximum absolute atomic E-state index is 13.8. The molecule has 3 aromatic carbocycles. The number of primary amides is 1. The van der Waals surface area contributed by atoms with Crippen LogP contribution in [-0.2, 0) is 16.0 Å². The molecule has 6 nitrogen and oxygen atoms in total. The molecule has 0 saturated carbocycles. The van der Waals surface area contributed by atoms with E-state index in [4.69, 9.17) is 5.73 Å². The molecule has 0 spiro atoms. The van der Waals surface area contributed by atoms with Gasteiger partial charge in [-0.2, -0.15) is 0 Å². The number of hydrogen-bond acceptors (Lipinski definition) is 3. The minimum atomic E-state index is -1.28. The van der Waals surface area contributed by atoms with Gasteiger partial charge >= 0.3 is 5.97 Å². The number of benzene rings is 3. The van der Waals surface area contributed by atoms with Crippen molar-refractivity contribution in [3.63, 3.8) is 0 Å². The van der Waals surface area contributed by atoms with Gasteiger partial charge in [-0.25, -0.2) is 9.18 Å². The first-order valence-corrected chi connectivity index (χ1v) is 11.7. The Morgan fingerprint density at radius 2 is 1.61 bits per heavy atom. The van der Waals surface area contributed by atoms with Crippen LogP contribution in [0.25, 0.3) is 11.1 Å². The van der Waals surface area contributed by atoms with E-state index >= 15 is 0 Å². The zero-order valence-electron chi connectivity index (χ0n) is 20.7. The number of carboxylic acids is 1. The standard InChI is InChI=1S/C29H31FN2O4/c1-19-5-4-6-23(17-19)21-9-11-22(12-10-21)27(34)32(25(28(35)36)15-16-26(31)33)29(2,3)18-20-7-13-24(30)14-8-20/h4-14,17,25H,15-16,18H2,1-3H3,(H2,31,33)(H,35,36)/t25-/m0/s1. The number of aliphatic carboxylic acids is 1. The lowest BCUT2D eigenvalue weighted by Gasteiger charge is -2.42. The van der Waals surface area contributed by atoms with Crippen molar-refractivity contribution in [1.82, 2.24) is 4.90 Å². The van der Waals surface area contributed by atoms with Gasteiger partial charge in [0.25, 0.3) is 5.91 Å². The summed E-state index contributed by atoms with van der Waals surface area (Å²) in [6.07, 6.45) is -0.0228. The second-order valence-electron chi connectivity index (χ2n) is 9.60. The number of halogens is 1. The van der Waals surface area contributed by atoms with Crippen LogP contribution < -0.4 is 5.73 Å². The first-order chi connectivity index (χ1) is 17.0. The van der Waals surface area contributed by atoms with Crippen LogP contribution in [0.1, 0.15) is 48.2 Å². The number of amides is 2. The molecule has 188 valence electrons. The molecule has 0 aliphatic carbocycles. The summed E-state index contributed by atoms with van der Waals surface area (Å²) in [4.78, 5) is 38.9. The average Bonchev–Trinajstić information content (AvgIpc) is 2.82. The Kier molecular flexibility index (Phi) is 8.25. The monoisotopic (exact) mass is 490 g/mol. The molecule has 3 aromatic rings. The first kappa shape index (κ1) is 26.6. The van der Waals surface area contributed by atoms with E-state index < -0.39 is 29.4 Å². The molecule has 0 fully saturated rings. The Morgan fingerprint density at radius 1 is 0.972 bits per heavy atom. The number of aryl methyl sites for hydroxylation is 1. The molecule has 0 aliphatic rings. The number of nitrogens with two attached hydrogens (primary N) is 1. The summed E-state index contributed by atoms with van der Waals surface area (Å²) in [6, 6.07) is 19.6. The number of carbonyl (C=O) groups excluding carboxylic acids is 2. The topological polar surface area (TPSA) is 101 Å². The predicted molar refractivity (Wildman–Crippen MR) is 137 cm³/mol. The van der Waals surface area contributed by atoms with Gasteiger partial charge in [-0.15, -0.1) is 0 Å². The van der Waals surface area contributed by atoms with E-state index in [9.17, 15) is 23.9 Å². The average molecular weight is 491 g/mol. The minimum absolute atomic E-state index is 0.120. The minimum Gasteiger partial charge on any atom is -0.480 e. The molecule has 0 bridgehead atoms. The van der Waals surface area contributed by atoms with E-state index in [0.29, 0.717) is 5.56 Å². The van der Waals surface area contributed by atoms with Crippen molar-refractivity contribution in [2.45, 2.75) is 51.6 Å². The highest BCUT2D eigenvalue weighted by molar-refractivity contribution is 5.97. The van der Waals surface area contributed by atoms with Gasteiger partial charge < -0.3 is 15.7 Å². The van der Waals surface area contributed by atoms with E-state index in [1.54, 1.807) is 38.1 Å². The molecule has 3 rings (SSSR count). The number of carboxylic acid groups (broad SMARTS) is 1. The molecule has 2 amide bonds. The molecule has 1 atom stereocenters. The lowest BCUT2D eigenvalue weighted by atomic mass is 9.89. The Hall–Kier alpha value is -4.00. The molecular formula is C29H31FN2O4. The Bertz CT molecular complexity index is 1240. The van der Waals surface area contributed by atoms with Crippen LogP contribution in [-0.4, -0.2) is 39.4 Å². The van der Waals surface area contributed by atoms with Crippen LogP contribution in [0.15, 0.2) is 72.8 Å². The fourth-order valence-corrected chi connectivity index (χ4v) is 4.44. The van der Waals surface area contributed by atoms with Crippen molar-refractivity contribution in [1.29, 1.82) is 0 Å². The summed E-state index contributed by atoms with van der Waals surface area (Å²) < 4.78 is 13.4. The van der Waals surface area contributed by atoms with Gasteiger partial charge in [0.1, 0.15) is 11.9 Å². The lowest BCUT2D eigenvalue weighted by Crippen LogP contribution is -2.57. The molecule has 0 saturated heterocycles. The van der Waals surface area contributed by atoms with Crippen LogP contribution in [0, 0.1) is 12.7 Å². The Labute approximate surface area is 210 Å². The second-order valence-corrected chi connectivity index (χ2v) is 9.60. The van der Waals surface area contributed by atoms with E-state index in [2.05, 4.69) is 0 Å². The van der Waals surface area contributed by atoms with E-state index in [1.807, 2.05) is 43.3 Å². The predicted octanol–water partition coefficient (Wildman–Crippen LogP) is 4.98. The van der Waals surface area contributed by atoms with Crippen molar-refractivity contribution in [2.24, 2.45) is 5.73 Å². The van der Waals surface area contributed by atoms with E-state index in [0.717, 1.165) is 22.3 Å². The highest BCUT2D eigenvalue weighted by Gasteiger charge is 2.40. The molecule has 0 aliphatic heterocycles. The molecular weight excluding hydrogens is 459 g/mol. The third-order valence-corrected chi connectivity index (χ3v) is 6.17. The molecule has 36 heavy (non-hydrogen) atoms. The normalized spacial score (nSPS) is 12.1. The summed E-state index contributed by atoms with van der Waals surface area (Å²) in [5.74, 6) is -2.74. The number of carbonyl (C=O) groups is 3. The maximum Gasteiger partial charge on any atom is 0.326 e. The van der Waals surface area contributed by atoms with Gasteiger partial charge in [-0.1, -0.05) is 54.1 Å². The van der Waals surface area contributed by atoms with Gasteiger partial charge in [0.05, 0.1) is 0 Å². The van der Waals surface area contributed by atoms with Crippen LogP contribution in [0.4, 0.5) is 4.39 Å². The van der Waals surface area contributed by atoms with Gasteiger partial charge in [0.2, 0.25) is 5.91 Å². The fraction of sp³-hybridized carbons (Fsp3) is 0.276. The highest BCUT2D eigenvalue weighted by Crippen LogP contribution is 2.29. The summed E-state index contributed by atoms with van der Waals surface area (Å²) in [6.45, 7) is 5.52. The molecule has 0 unspecified atom stereocenters. The van der Waals surface area contributed by atoms with Gasteiger partial charge in [-0.05, 0) is 74.6 Å². The molecule has 0 heterocycles. The van der Waals surface area contributed by atoms with Crippen molar-refractivity contribution >= 4 is 17.8 Å². The third-order valence-electron chi connectivity index (χ3n) is 6.17. The van der Waals surface area contributed by atoms with Crippen LogP contribution >= 0.6 is 0 Å². The van der Waals surface area contributed by atoms with E-state index in [1.165, 1.54) is 17.0 Å². The molecule has 7 heteroatoms. The van der Waals surface area contributed by atoms with Crippen molar-refractivity contribution in [3.8, 4) is 11.1 Å². The Balaban J connectivity index is 1.99. The Morgan fingerprint density at radius 3 is 2.17 bits per heavy atom. The number of nitrogens with zero attached hydrogens (tertiary/aromatic N) is 1. The number of hydrogen-bond donors (Lipinski definition) is 2. The van der Waals surface area contributed by atoms with Crippen molar-refractivity contribution in [3.05, 3.63) is 95.3 Å². The zero-order valence-corrected chi connectivity index (χ0v) is 20.7. The fourth-order valence-electron chi connectivity index (χ4n) is 4.44. The molecule has 0 radical (unpaired) electrons. The summed E-state index contributed by atoms with van der Waals surface area (Å²) in [7, 11) is 0. The van der Waals surface area contributed by atoms with Gasteiger partial charge in [-0.3, -0.25) is 9.59 Å². The maximum atomic E-state index is 13.8. The largest absolute Gasteiger partial charge is 0.480 e. The quantitative estimate of drug-likeness (QED) is 0.418. The lowest BCUT2D eigenvalue weighted by molar-refractivity contribution is -0.144. The van der Waals surface area contributed by atoms with Crippen molar-refractivity contribution < 1.29 is 23.9 Å². The first-order valence-electron chi connectivity index (χ1n) is 11.7. The van der Waals surface area contributed by atoms with Crippen LogP contribution in [0.2, 0.25) is 0 Å². The second kappa shape index (κ2) is 11.2. The SMILES string of the molecule is Cc1cccc(-c2ccc(C(=O)N([C@@H](CCC(N)=O)C(=O)O)C(C)(C)Cc3ccc(F)cc3)cc2)c1. The third kappa shape index (κ3) is 6.56. The number of rotatable bonds is 10. The van der Waals surface area contributed by atoms with E-state index in [-0.39, 0.29) is 25.1 Å². The molecule has 3 N–H and O–H groups in total. The highest BCUT2D eigenvalue weighted by atomic mass is 19.1. The van der Waals surface area contributed by atoms with Crippen LogP contribution in [0.3, 0.4) is 0 Å².